The molecule has 0 spiro atoms. The van der Waals surface area contributed by atoms with Crippen LogP contribution in [0.15, 0.2) is 59.0 Å². The van der Waals surface area contributed by atoms with Crippen molar-refractivity contribution in [2.24, 2.45) is 0 Å². The molecule has 6 heteroatoms. The number of anilines is 1. The van der Waals surface area contributed by atoms with Crippen molar-refractivity contribution in [3.63, 3.8) is 0 Å². The van der Waals surface area contributed by atoms with Crippen LogP contribution in [0.2, 0.25) is 5.02 Å². The van der Waals surface area contributed by atoms with Gasteiger partial charge in [-0.2, -0.15) is 0 Å². The third-order valence-corrected chi connectivity index (χ3v) is 6.09. The molecule has 4 rings (SSSR count). The molecule has 33 heavy (non-hydrogen) atoms. The van der Waals surface area contributed by atoms with Gasteiger partial charge in [0.1, 0.15) is 11.3 Å². The number of amides is 1. The molecule has 0 saturated heterocycles. The van der Waals surface area contributed by atoms with Gasteiger partial charge in [0.2, 0.25) is 0 Å². The van der Waals surface area contributed by atoms with E-state index < -0.39 is 0 Å². The monoisotopic (exact) mass is 462 g/mol. The maximum atomic E-state index is 12.3. The summed E-state index contributed by atoms with van der Waals surface area (Å²) in [6.45, 7) is 8.06. The van der Waals surface area contributed by atoms with Gasteiger partial charge in [0.25, 0.3) is 5.91 Å². The maximum Gasteiger partial charge on any atom is 0.262 e. The predicted molar refractivity (Wildman–Crippen MR) is 132 cm³/mol. The van der Waals surface area contributed by atoms with Crippen LogP contribution in [0.5, 0.6) is 5.75 Å². The number of rotatable bonds is 7. The third-order valence-electron chi connectivity index (χ3n) is 5.50. The molecule has 1 amide bonds. The van der Waals surface area contributed by atoms with Crippen LogP contribution in [0.4, 0.5) is 5.69 Å². The highest BCUT2D eigenvalue weighted by atomic mass is 35.5. The van der Waals surface area contributed by atoms with Gasteiger partial charge in [0.05, 0.1) is 0 Å². The van der Waals surface area contributed by atoms with Gasteiger partial charge in [-0.1, -0.05) is 43.6 Å². The number of halogens is 1. The zero-order valence-corrected chi connectivity index (χ0v) is 20.0. The van der Waals surface area contributed by atoms with Crippen molar-refractivity contribution in [2.45, 2.75) is 40.0 Å². The van der Waals surface area contributed by atoms with Crippen molar-refractivity contribution in [1.29, 1.82) is 0 Å². The van der Waals surface area contributed by atoms with E-state index in [1.165, 1.54) is 5.56 Å². The Bertz CT molecular complexity index is 1270. The Morgan fingerprint density at radius 1 is 1.06 bits per heavy atom. The highest BCUT2D eigenvalue weighted by Gasteiger charge is 2.10. The first-order valence-corrected chi connectivity index (χ1v) is 11.3. The smallest absolute Gasteiger partial charge is 0.262 e. The van der Waals surface area contributed by atoms with Gasteiger partial charge >= 0.3 is 0 Å². The molecule has 0 aliphatic heterocycles. The van der Waals surface area contributed by atoms with Gasteiger partial charge in [-0.05, 0) is 78.4 Å². The number of ether oxygens (including phenoxy) is 1. The van der Waals surface area contributed by atoms with Gasteiger partial charge in [0.15, 0.2) is 18.1 Å². The van der Waals surface area contributed by atoms with Crippen molar-refractivity contribution in [3.05, 3.63) is 87.8 Å². The second-order valence-electron chi connectivity index (χ2n) is 8.57. The second kappa shape index (κ2) is 9.67. The highest BCUT2D eigenvalue weighted by Crippen LogP contribution is 2.26. The minimum absolute atomic E-state index is 0.0798. The van der Waals surface area contributed by atoms with E-state index in [2.05, 4.69) is 36.3 Å². The van der Waals surface area contributed by atoms with Gasteiger partial charge in [0, 0.05) is 17.1 Å². The van der Waals surface area contributed by atoms with Crippen molar-refractivity contribution < 1.29 is 13.9 Å². The van der Waals surface area contributed by atoms with Crippen molar-refractivity contribution in [2.75, 3.05) is 11.9 Å². The lowest BCUT2D eigenvalue weighted by Crippen LogP contribution is -2.20. The number of aryl methyl sites for hydroxylation is 2. The zero-order chi connectivity index (χ0) is 23.5. The van der Waals surface area contributed by atoms with Crippen molar-refractivity contribution in [1.82, 2.24) is 4.98 Å². The summed E-state index contributed by atoms with van der Waals surface area (Å²) in [6, 6.07) is 17.4. The van der Waals surface area contributed by atoms with Crippen LogP contribution in [-0.4, -0.2) is 17.5 Å². The average molecular weight is 463 g/mol. The van der Waals surface area contributed by atoms with E-state index >= 15 is 0 Å². The number of oxazole rings is 1. The molecule has 0 radical (unpaired) electrons. The Hall–Kier alpha value is -3.31. The fourth-order valence-corrected chi connectivity index (χ4v) is 3.75. The molecule has 0 fully saturated rings. The number of aromatic nitrogens is 1. The Balaban J connectivity index is 1.34. The summed E-state index contributed by atoms with van der Waals surface area (Å²) in [5.74, 6) is 1.51. The molecule has 0 unspecified atom stereocenters. The highest BCUT2D eigenvalue weighted by molar-refractivity contribution is 6.32. The topological polar surface area (TPSA) is 64.4 Å². The van der Waals surface area contributed by atoms with Crippen LogP contribution in [0.1, 0.15) is 47.9 Å². The van der Waals surface area contributed by atoms with E-state index in [4.69, 9.17) is 20.8 Å². The van der Waals surface area contributed by atoms with Gasteiger partial charge in [-0.25, -0.2) is 4.98 Å². The molecule has 170 valence electrons. The number of carbonyl (C=O) groups excluding carboxylic acids is 1. The molecule has 0 aliphatic carbocycles. The van der Waals surface area contributed by atoms with E-state index in [1.54, 1.807) is 0 Å². The van der Waals surface area contributed by atoms with E-state index in [-0.39, 0.29) is 12.5 Å². The first kappa shape index (κ1) is 22.9. The second-order valence-corrected chi connectivity index (χ2v) is 8.95. The molecule has 1 N–H and O–H groups in total. The largest absolute Gasteiger partial charge is 0.484 e. The molecule has 1 aromatic heterocycles. The van der Waals surface area contributed by atoms with Crippen LogP contribution >= 0.6 is 11.6 Å². The molecule has 4 aromatic rings. The quantitative estimate of drug-likeness (QED) is 0.327. The van der Waals surface area contributed by atoms with E-state index in [0.717, 1.165) is 27.8 Å². The number of fused-ring (bicyclic) bond motifs is 1. The molecule has 0 aliphatic rings. The Morgan fingerprint density at radius 2 is 1.76 bits per heavy atom. The lowest BCUT2D eigenvalue weighted by Gasteiger charge is -2.10. The van der Waals surface area contributed by atoms with Crippen LogP contribution < -0.4 is 10.1 Å². The average Bonchev–Trinajstić information content (AvgIpc) is 3.18. The molecule has 1 heterocycles. The number of hydrogen-bond acceptors (Lipinski definition) is 4. The number of nitrogens with one attached hydrogen (secondary N) is 1. The van der Waals surface area contributed by atoms with E-state index in [1.807, 2.05) is 56.3 Å². The third kappa shape index (κ3) is 5.55. The summed E-state index contributed by atoms with van der Waals surface area (Å²) in [7, 11) is 0. The molecule has 5 nitrogen and oxygen atoms in total. The first-order chi connectivity index (χ1) is 15.8. The molecule has 3 aromatic carbocycles. The van der Waals surface area contributed by atoms with Gasteiger partial charge < -0.3 is 14.5 Å². The Morgan fingerprint density at radius 3 is 2.42 bits per heavy atom. The van der Waals surface area contributed by atoms with Crippen molar-refractivity contribution in [3.8, 4) is 5.75 Å². The number of benzene rings is 3. The van der Waals surface area contributed by atoms with E-state index in [9.17, 15) is 4.79 Å². The zero-order valence-electron chi connectivity index (χ0n) is 19.2. The van der Waals surface area contributed by atoms with Crippen LogP contribution in [0.25, 0.3) is 11.1 Å². The first-order valence-electron chi connectivity index (χ1n) is 11.0. The summed E-state index contributed by atoms with van der Waals surface area (Å²) < 4.78 is 11.5. The minimum atomic E-state index is -0.229. The fourth-order valence-electron chi connectivity index (χ4n) is 3.64. The molecular weight excluding hydrogens is 436 g/mol. The lowest BCUT2D eigenvalue weighted by atomic mass is 10.0. The standard InChI is InChI=1S/C27H27ClN2O3/c1-16(2)20-7-10-24-23(14-20)30-26(33-24)13-19-5-8-21(9-6-19)29-25(31)15-32-22-11-17(3)27(28)18(4)12-22/h5-12,14,16H,13,15H2,1-4H3,(H,29,31). The predicted octanol–water partition coefficient (Wildman–Crippen LogP) is 6.83. The number of nitrogens with zero attached hydrogens (tertiary/aromatic N) is 1. The Labute approximate surface area is 198 Å². The number of hydrogen-bond donors (Lipinski definition) is 1. The van der Waals surface area contributed by atoms with Gasteiger partial charge in [-0.3, -0.25) is 4.79 Å². The number of carbonyl (C=O) groups is 1. The summed E-state index contributed by atoms with van der Waals surface area (Å²) in [6.07, 6.45) is 0.582. The van der Waals surface area contributed by atoms with Gasteiger partial charge in [-0.15, -0.1) is 0 Å². The molecule has 0 bridgehead atoms. The SMILES string of the molecule is Cc1cc(OCC(=O)Nc2ccc(Cc3nc4cc(C(C)C)ccc4o3)cc2)cc(C)c1Cl. The molecule has 0 saturated carbocycles. The van der Waals surface area contributed by atoms with Crippen LogP contribution in [0.3, 0.4) is 0 Å². The Kier molecular flexibility index (Phi) is 6.70. The normalized spacial score (nSPS) is 11.2. The summed E-state index contributed by atoms with van der Waals surface area (Å²) >= 11 is 6.18. The van der Waals surface area contributed by atoms with Crippen LogP contribution in [-0.2, 0) is 11.2 Å². The molecule has 0 atom stereocenters. The van der Waals surface area contributed by atoms with E-state index in [0.29, 0.717) is 34.7 Å². The fraction of sp³-hybridized carbons (Fsp3) is 0.259. The van der Waals surface area contributed by atoms with Crippen LogP contribution in [0, 0.1) is 13.8 Å². The maximum absolute atomic E-state index is 12.3. The van der Waals surface area contributed by atoms with Crippen molar-refractivity contribution >= 4 is 34.3 Å². The molecular formula is C27H27ClN2O3. The summed E-state index contributed by atoms with van der Waals surface area (Å²) in [5.41, 5.74) is 6.51. The lowest BCUT2D eigenvalue weighted by molar-refractivity contribution is -0.118. The minimum Gasteiger partial charge on any atom is -0.484 e. The summed E-state index contributed by atoms with van der Waals surface area (Å²) in [5, 5.41) is 3.57. The summed E-state index contributed by atoms with van der Waals surface area (Å²) in [4.78, 5) is 16.9.